The van der Waals surface area contributed by atoms with Crippen LogP contribution >= 0.6 is 11.8 Å². The van der Waals surface area contributed by atoms with E-state index in [0.29, 0.717) is 0 Å². The van der Waals surface area contributed by atoms with Crippen LogP contribution in [0.15, 0.2) is 13.6 Å². The first-order chi connectivity index (χ1) is 9.79. The van der Waals surface area contributed by atoms with Crippen molar-refractivity contribution in [3.05, 3.63) is 22.1 Å². The number of rotatable bonds is 7. The second-order valence-corrected chi connectivity index (χ2v) is 5.68. The van der Waals surface area contributed by atoms with Crippen LogP contribution in [0.3, 0.4) is 0 Å². The summed E-state index contributed by atoms with van der Waals surface area (Å²) in [6, 6.07) is 0. The molecule has 0 amide bonds. The average molecular weight is 316 g/mol. The highest BCUT2D eigenvalue weighted by atomic mass is 32.2. The first-order valence-corrected chi connectivity index (χ1v) is 7.12. The molecule has 8 heteroatoms. The summed E-state index contributed by atoms with van der Waals surface area (Å²) in [5.41, 5.74) is 0. The third-order valence-electron chi connectivity index (χ3n) is 2.61. The van der Waals surface area contributed by atoms with Crippen LogP contribution in [0.5, 0.6) is 0 Å². The Labute approximate surface area is 125 Å². The highest BCUT2D eigenvalue weighted by Crippen LogP contribution is 2.18. The van der Waals surface area contributed by atoms with Crippen LogP contribution in [0.1, 0.15) is 38.2 Å². The Morgan fingerprint density at radius 3 is 2.43 bits per heavy atom. The number of aryl methyl sites for hydroxylation is 1. The smallest absolute Gasteiger partial charge is 0.449 e. The minimum Gasteiger partial charge on any atom is -0.449 e. The molecular weight excluding hydrogens is 300 g/mol. The number of ether oxygens (including phenoxy) is 1. The molecule has 1 unspecified atom stereocenters. The van der Waals surface area contributed by atoms with Gasteiger partial charge in [-0.25, -0.2) is 9.59 Å². The Balaban J connectivity index is 2.39. The quantitative estimate of drug-likeness (QED) is 0.705. The Hall–Kier alpha value is -1.83. The maximum absolute atomic E-state index is 11.7. The van der Waals surface area contributed by atoms with Crippen LogP contribution in [0.25, 0.3) is 0 Å². The van der Waals surface area contributed by atoms with Gasteiger partial charge in [0.1, 0.15) is 11.6 Å². The normalized spacial score (nSPS) is 12.0. The van der Waals surface area contributed by atoms with E-state index in [9.17, 15) is 19.2 Å². The molecule has 0 N–H and O–H groups in total. The number of carbonyl (C=O) groups is 3. The van der Waals surface area contributed by atoms with Crippen molar-refractivity contribution in [2.24, 2.45) is 0 Å². The summed E-state index contributed by atoms with van der Waals surface area (Å²) in [5, 5.41) is -1.27. The van der Waals surface area contributed by atoms with Gasteiger partial charge in [-0.2, -0.15) is 0 Å². The van der Waals surface area contributed by atoms with Crippen LogP contribution in [-0.2, 0) is 20.9 Å². The van der Waals surface area contributed by atoms with Gasteiger partial charge in [-0.15, -0.1) is 0 Å². The average Bonchev–Trinajstić information content (AvgIpc) is 2.71. The number of hydrogen-bond donors (Lipinski definition) is 0. The van der Waals surface area contributed by atoms with E-state index >= 15 is 0 Å². The molecule has 21 heavy (non-hydrogen) atoms. The topological polar surface area (TPSA) is 104 Å². The molecule has 0 aliphatic carbocycles. The Kier molecular flexibility index (Phi) is 6.41. The fourth-order valence-corrected chi connectivity index (χ4v) is 2.04. The SMILES string of the molecule is CC(=O)CCC(=O)C(C)SC(=O)OCc1oc(=O)oc1C. The van der Waals surface area contributed by atoms with Crippen LogP contribution in [0, 0.1) is 6.92 Å². The molecule has 7 nitrogen and oxygen atoms in total. The van der Waals surface area contributed by atoms with Crippen LogP contribution < -0.4 is 5.82 Å². The molecule has 0 radical (unpaired) electrons. The maximum Gasteiger partial charge on any atom is 0.519 e. The van der Waals surface area contributed by atoms with Crippen molar-refractivity contribution >= 4 is 28.6 Å². The van der Waals surface area contributed by atoms with Gasteiger partial charge < -0.3 is 18.4 Å². The molecule has 0 aromatic carbocycles. The zero-order valence-electron chi connectivity index (χ0n) is 12.0. The maximum atomic E-state index is 11.7. The minimum atomic E-state index is -0.862. The Morgan fingerprint density at radius 2 is 1.90 bits per heavy atom. The lowest BCUT2D eigenvalue weighted by molar-refractivity contribution is -0.122. The predicted octanol–water partition coefficient (Wildman–Crippen LogP) is 2.24. The van der Waals surface area contributed by atoms with Gasteiger partial charge in [0.2, 0.25) is 0 Å². The second-order valence-electron chi connectivity index (χ2n) is 4.40. The van der Waals surface area contributed by atoms with Gasteiger partial charge in [0.25, 0.3) is 0 Å². The number of thioether (sulfide) groups is 1. The van der Waals surface area contributed by atoms with Crippen LogP contribution in [0.2, 0.25) is 0 Å². The molecule has 1 atom stereocenters. The molecule has 116 valence electrons. The largest absolute Gasteiger partial charge is 0.519 e. The molecule has 1 rings (SSSR count). The highest BCUT2D eigenvalue weighted by Gasteiger charge is 2.20. The first kappa shape index (κ1) is 17.2. The van der Waals surface area contributed by atoms with Crippen molar-refractivity contribution in [3.8, 4) is 0 Å². The molecule has 0 bridgehead atoms. The fraction of sp³-hybridized carbons (Fsp3) is 0.538. The third-order valence-corrected chi connectivity index (χ3v) is 3.53. The van der Waals surface area contributed by atoms with Crippen molar-refractivity contribution in [1.29, 1.82) is 0 Å². The van der Waals surface area contributed by atoms with E-state index in [-0.39, 0.29) is 42.5 Å². The standard InChI is InChI=1S/C13H16O7S/c1-7(14)4-5-10(15)9(3)21-13(17)18-6-11-8(2)19-12(16)20-11/h9H,4-6H2,1-3H3. The van der Waals surface area contributed by atoms with E-state index in [0.717, 1.165) is 11.8 Å². The summed E-state index contributed by atoms with van der Waals surface area (Å²) in [5.74, 6) is -0.765. The van der Waals surface area contributed by atoms with E-state index in [4.69, 9.17) is 4.74 Å². The summed E-state index contributed by atoms with van der Waals surface area (Å²) < 4.78 is 14.2. The van der Waals surface area contributed by atoms with Crippen LogP contribution in [0.4, 0.5) is 4.79 Å². The Bertz CT molecular complexity index is 584. The molecule has 0 aliphatic rings. The van der Waals surface area contributed by atoms with Gasteiger partial charge in [0.15, 0.2) is 18.1 Å². The number of Topliss-reactive ketones (excluding diaryl/α,β-unsaturated/α-hetero) is 2. The van der Waals surface area contributed by atoms with E-state index in [1.54, 1.807) is 6.92 Å². The van der Waals surface area contributed by atoms with Crippen molar-refractivity contribution in [2.45, 2.75) is 45.5 Å². The molecule has 0 saturated carbocycles. The van der Waals surface area contributed by atoms with Crippen molar-refractivity contribution in [2.75, 3.05) is 0 Å². The van der Waals surface area contributed by atoms with E-state index in [1.807, 2.05) is 0 Å². The lowest BCUT2D eigenvalue weighted by Crippen LogP contribution is -2.16. The van der Waals surface area contributed by atoms with Gasteiger partial charge in [-0.1, -0.05) is 0 Å². The molecule has 1 aromatic heterocycles. The summed E-state index contributed by atoms with van der Waals surface area (Å²) in [4.78, 5) is 44.8. The summed E-state index contributed by atoms with van der Waals surface area (Å²) in [7, 11) is 0. The molecular formula is C13H16O7S. The monoisotopic (exact) mass is 316 g/mol. The van der Waals surface area contributed by atoms with E-state index < -0.39 is 16.4 Å². The minimum absolute atomic E-state index is 0.0754. The van der Waals surface area contributed by atoms with Gasteiger partial charge in [0.05, 0.1) is 5.25 Å². The fourth-order valence-electron chi connectivity index (χ4n) is 1.38. The van der Waals surface area contributed by atoms with E-state index in [2.05, 4.69) is 8.83 Å². The van der Waals surface area contributed by atoms with Gasteiger partial charge in [-0.3, -0.25) is 4.79 Å². The molecule has 1 aromatic rings. The molecule has 0 spiro atoms. The van der Waals surface area contributed by atoms with Crippen molar-refractivity contribution in [3.63, 3.8) is 0 Å². The van der Waals surface area contributed by atoms with Gasteiger partial charge in [-0.05, 0) is 32.5 Å². The lowest BCUT2D eigenvalue weighted by Gasteiger charge is -2.08. The molecule has 1 heterocycles. The van der Waals surface area contributed by atoms with Crippen LogP contribution in [-0.4, -0.2) is 22.1 Å². The van der Waals surface area contributed by atoms with Gasteiger partial charge >= 0.3 is 11.1 Å². The summed E-state index contributed by atoms with van der Waals surface area (Å²) in [6.45, 7) is 4.24. The highest BCUT2D eigenvalue weighted by molar-refractivity contribution is 8.14. The molecule has 0 aliphatic heterocycles. The molecule has 0 saturated heterocycles. The summed E-state index contributed by atoms with van der Waals surface area (Å²) >= 11 is 0.719. The zero-order chi connectivity index (χ0) is 16.0. The zero-order valence-corrected chi connectivity index (χ0v) is 12.8. The number of ketones is 2. The predicted molar refractivity (Wildman–Crippen MR) is 74.1 cm³/mol. The molecule has 0 fully saturated rings. The number of carbonyl (C=O) groups excluding carboxylic acids is 3. The van der Waals surface area contributed by atoms with E-state index in [1.165, 1.54) is 13.8 Å². The third kappa shape index (κ3) is 5.99. The second kappa shape index (κ2) is 7.82. The van der Waals surface area contributed by atoms with Crippen molar-refractivity contribution in [1.82, 2.24) is 0 Å². The summed E-state index contributed by atoms with van der Waals surface area (Å²) in [6.07, 6.45) is 0.268. The number of hydrogen-bond acceptors (Lipinski definition) is 8. The Morgan fingerprint density at radius 1 is 1.24 bits per heavy atom. The lowest BCUT2D eigenvalue weighted by atomic mass is 10.1. The van der Waals surface area contributed by atoms with Crippen molar-refractivity contribution < 1.29 is 28.0 Å². The first-order valence-electron chi connectivity index (χ1n) is 6.24. The van der Waals surface area contributed by atoms with Gasteiger partial charge in [0, 0.05) is 12.8 Å².